The Morgan fingerprint density at radius 1 is 1.03 bits per heavy atom. The van der Waals surface area contributed by atoms with E-state index in [0.29, 0.717) is 37.0 Å². The Morgan fingerprint density at radius 3 is 2.29 bits per heavy atom. The fourth-order valence-electron chi connectivity index (χ4n) is 7.21. The highest BCUT2D eigenvalue weighted by atomic mass is 79.9. The van der Waals surface area contributed by atoms with Gasteiger partial charge in [-0.3, -0.25) is 9.59 Å². The zero-order valence-electron chi connectivity index (χ0n) is 19.4. The summed E-state index contributed by atoms with van der Waals surface area (Å²) in [4.78, 5) is 25.2. The van der Waals surface area contributed by atoms with Gasteiger partial charge in [0.1, 0.15) is 0 Å². The number of piperidine rings is 1. The third kappa shape index (κ3) is 5.07. The lowest BCUT2D eigenvalue weighted by molar-refractivity contribution is -0.153. The van der Waals surface area contributed by atoms with E-state index in [9.17, 15) is 18.0 Å². The van der Waals surface area contributed by atoms with E-state index in [-0.39, 0.29) is 27.2 Å². The van der Waals surface area contributed by atoms with E-state index < -0.39 is 15.9 Å². The van der Waals surface area contributed by atoms with Crippen molar-refractivity contribution in [1.29, 1.82) is 0 Å². The standard InChI is InChI=1S/C25H33BrN2O5S/c26-25-13-18-10-19(14-25)12-24(11-18,17-25)15-23(30)33-16-22(29)27-20-4-6-21(7-5-20)34(31,32)28-8-2-1-3-9-28/h4-7,18-19H,1-3,8-17H2,(H,27,29)/t18-,19-,24?,25?/m0/s1. The SMILES string of the molecule is O=C(COC(=O)CC12C[C@@H]3C[C@H](CC(Br)(C3)C1)C2)Nc1ccc(S(=O)(=O)N2CCCCC2)cc1. The topological polar surface area (TPSA) is 92.8 Å². The molecule has 0 aromatic heterocycles. The van der Waals surface area contributed by atoms with Crippen molar-refractivity contribution in [2.45, 2.75) is 73.4 Å². The van der Waals surface area contributed by atoms with Crippen molar-refractivity contribution < 1.29 is 22.7 Å². The number of carbonyl (C=O) groups excluding carboxylic acids is 2. The maximum absolute atomic E-state index is 12.8. The van der Waals surface area contributed by atoms with Gasteiger partial charge >= 0.3 is 5.97 Å². The van der Waals surface area contributed by atoms with Gasteiger partial charge in [0, 0.05) is 23.1 Å². The van der Waals surface area contributed by atoms with Gasteiger partial charge in [-0.15, -0.1) is 0 Å². The van der Waals surface area contributed by atoms with Crippen molar-refractivity contribution in [3.8, 4) is 0 Å². The van der Waals surface area contributed by atoms with Gasteiger partial charge in [-0.05, 0) is 92.9 Å². The Hall–Kier alpha value is -1.45. The lowest BCUT2D eigenvalue weighted by Crippen LogP contribution is -2.53. The van der Waals surface area contributed by atoms with Crippen LogP contribution in [-0.2, 0) is 24.3 Å². The minimum absolute atomic E-state index is 0.0107. The van der Waals surface area contributed by atoms with Gasteiger partial charge in [-0.1, -0.05) is 22.4 Å². The number of sulfonamides is 1. The van der Waals surface area contributed by atoms with E-state index in [1.54, 1.807) is 12.1 Å². The second-order valence-electron chi connectivity index (χ2n) is 11.0. The molecular formula is C25H33BrN2O5S. The average Bonchev–Trinajstić information content (AvgIpc) is 2.77. The van der Waals surface area contributed by atoms with Gasteiger partial charge in [0.15, 0.2) is 6.61 Å². The minimum Gasteiger partial charge on any atom is -0.456 e. The fraction of sp³-hybridized carbons (Fsp3) is 0.680. The Balaban J connectivity index is 1.11. The van der Waals surface area contributed by atoms with Crippen molar-refractivity contribution >= 4 is 43.5 Å². The van der Waals surface area contributed by atoms with Gasteiger partial charge in [0.25, 0.3) is 5.91 Å². The monoisotopic (exact) mass is 552 g/mol. The van der Waals surface area contributed by atoms with Crippen LogP contribution in [0, 0.1) is 17.3 Å². The number of hydrogen-bond donors (Lipinski definition) is 1. The summed E-state index contributed by atoms with van der Waals surface area (Å²) in [6, 6.07) is 6.16. The van der Waals surface area contributed by atoms with Crippen molar-refractivity contribution in [2.75, 3.05) is 25.0 Å². The van der Waals surface area contributed by atoms with E-state index in [0.717, 1.165) is 38.5 Å². The lowest BCUT2D eigenvalue weighted by Gasteiger charge is -2.60. The highest BCUT2D eigenvalue weighted by Gasteiger charge is 2.57. The van der Waals surface area contributed by atoms with Crippen LogP contribution < -0.4 is 5.32 Å². The molecule has 1 saturated heterocycles. The van der Waals surface area contributed by atoms with E-state index in [1.165, 1.54) is 35.7 Å². The number of rotatable bonds is 7. The van der Waals surface area contributed by atoms with E-state index in [2.05, 4.69) is 21.2 Å². The number of esters is 1. The number of nitrogens with zero attached hydrogens (tertiary/aromatic N) is 1. The van der Waals surface area contributed by atoms with E-state index in [4.69, 9.17) is 4.74 Å². The average molecular weight is 554 g/mol. The number of amides is 1. The molecule has 1 aromatic rings. The highest BCUT2D eigenvalue weighted by molar-refractivity contribution is 9.10. The molecule has 1 amide bonds. The minimum atomic E-state index is -3.51. The first-order valence-corrected chi connectivity index (χ1v) is 14.6. The van der Waals surface area contributed by atoms with Crippen LogP contribution in [0.15, 0.2) is 29.2 Å². The summed E-state index contributed by atoms with van der Waals surface area (Å²) in [5.41, 5.74) is 0.484. The summed E-state index contributed by atoms with van der Waals surface area (Å²) < 4.78 is 32.6. The smallest absolute Gasteiger partial charge is 0.306 e. The molecule has 34 heavy (non-hydrogen) atoms. The van der Waals surface area contributed by atoms with Crippen molar-refractivity contribution in [3.63, 3.8) is 0 Å². The highest BCUT2D eigenvalue weighted by Crippen LogP contribution is 2.65. The Labute approximate surface area is 210 Å². The Bertz CT molecular complexity index is 1040. The Morgan fingerprint density at radius 2 is 1.68 bits per heavy atom. The molecule has 186 valence electrons. The van der Waals surface area contributed by atoms with Crippen molar-refractivity contribution in [1.82, 2.24) is 4.31 Å². The Kier molecular flexibility index (Phi) is 6.57. The molecule has 1 N–H and O–H groups in total. The maximum Gasteiger partial charge on any atom is 0.306 e. The molecular weight excluding hydrogens is 520 g/mol. The van der Waals surface area contributed by atoms with Crippen LogP contribution in [-0.4, -0.2) is 48.6 Å². The van der Waals surface area contributed by atoms with E-state index >= 15 is 0 Å². The maximum atomic E-state index is 12.8. The molecule has 4 saturated carbocycles. The van der Waals surface area contributed by atoms with Crippen LogP contribution >= 0.6 is 15.9 Å². The van der Waals surface area contributed by atoms with Crippen LogP contribution in [0.1, 0.15) is 64.2 Å². The first kappa shape index (κ1) is 24.3. The van der Waals surface area contributed by atoms with Crippen LogP contribution in [0.5, 0.6) is 0 Å². The molecule has 7 nitrogen and oxygen atoms in total. The second-order valence-corrected chi connectivity index (χ2v) is 14.6. The predicted molar refractivity (Wildman–Crippen MR) is 132 cm³/mol. The predicted octanol–water partition coefficient (Wildman–Crippen LogP) is 4.47. The molecule has 9 heteroatoms. The van der Waals surface area contributed by atoms with Crippen LogP contribution in [0.4, 0.5) is 5.69 Å². The third-order valence-electron chi connectivity index (χ3n) is 8.09. The molecule has 0 unspecified atom stereocenters. The number of nitrogens with one attached hydrogen (secondary N) is 1. The zero-order chi connectivity index (χ0) is 24.0. The third-order valence-corrected chi connectivity index (χ3v) is 10.9. The van der Waals surface area contributed by atoms with Gasteiger partial charge in [-0.25, -0.2) is 8.42 Å². The van der Waals surface area contributed by atoms with Crippen LogP contribution in [0.3, 0.4) is 0 Å². The van der Waals surface area contributed by atoms with Gasteiger partial charge in [0.05, 0.1) is 11.3 Å². The normalized spacial score (nSPS) is 33.0. The van der Waals surface area contributed by atoms with Crippen LogP contribution in [0.2, 0.25) is 0 Å². The lowest BCUT2D eigenvalue weighted by atomic mass is 9.49. The molecule has 1 aliphatic heterocycles. The molecule has 5 fully saturated rings. The first-order valence-electron chi connectivity index (χ1n) is 12.4. The molecule has 4 bridgehead atoms. The molecule has 0 spiro atoms. The van der Waals surface area contributed by atoms with Gasteiger partial charge in [0.2, 0.25) is 10.0 Å². The van der Waals surface area contributed by atoms with E-state index in [1.807, 2.05) is 0 Å². The molecule has 4 aliphatic carbocycles. The molecule has 5 aliphatic rings. The van der Waals surface area contributed by atoms with Gasteiger partial charge < -0.3 is 10.1 Å². The molecule has 6 rings (SSSR count). The first-order chi connectivity index (χ1) is 16.1. The van der Waals surface area contributed by atoms with Crippen LogP contribution in [0.25, 0.3) is 0 Å². The second kappa shape index (κ2) is 9.21. The summed E-state index contributed by atoms with van der Waals surface area (Å²) in [5.74, 6) is 0.649. The number of halogens is 1. The molecule has 2 atom stereocenters. The number of alkyl halides is 1. The summed E-state index contributed by atoms with van der Waals surface area (Å²) in [6.45, 7) is 0.756. The summed E-state index contributed by atoms with van der Waals surface area (Å²) in [5, 5.41) is 2.69. The number of benzene rings is 1. The van der Waals surface area contributed by atoms with Gasteiger partial charge in [-0.2, -0.15) is 4.31 Å². The summed E-state index contributed by atoms with van der Waals surface area (Å²) >= 11 is 3.96. The summed E-state index contributed by atoms with van der Waals surface area (Å²) in [7, 11) is -3.51. The quantitative estimate of drug-likeness (QED) is 0.398. The largest absolute Gasteiger partial charge is 0.456 e. The fourth-order valence-corrected chi connectivity index (χ4v) is 10.2. The molecule has 1 aromatic carbocycles. The summed E-state index contributed by atoms with van der Waals surface area (Å²) in [6.07, 6.45) is 10.1. The number of ether oxygens (including phenoxy) is 1. The zero-order valence-corrected chi connectivity index (χ0v) is 21.8. The van der Waals surface area contributed by atoms with Crippen molar-refractivity contribution in [3.05, 3.63) is 24.3 Å². The number of anilines is 1. The number of hydrogen-bond acceptors (Lipinski definition) is 5. The molecule has 0 radical (unpaired) electrons. The van der Waals surface area contributed by atoms with Crippen molar-refractivity contribution in [2.24, 2.45) is 17.3 Å². The molecule has 1 heterocycles. The number of carbonyl (C=O) groups is 2.